The summed E-state index contributed by atoms with van der Waals surface area (Å²) in [6, 6.07) is 7.06. The molecule has 0 amide bonds. The monoisotopic (exact) mass is 289 g/mol. The molecule has 0 radical (unpaired) electrons. The summed E-state index contributed by atoms with van der Waals surface area (Å²) in [6.07, 6.45) is 1.60. The van der Waals surface area contributed by atoms with Gasteiger partial charge in [-0.05, 0) is 17.5 Å². The number of hydrogen-bond donors (Lipinski definition) is 1. The summed E-state index contributed by atoms with van der Waals surface area (Å²) in [6.45, 7) is 2.65. The van der Waals surface area contributed by atoms with Gasteiger partial charge in [0.1, 0.15) is 5.82 Å². The second-order valence-electron chi connectivity index (χ2n) is 4.73. The third-order valence-corrected chi connectivity index (χ3v) is 4.33. The number of rotatable bonds is 3. The van der Waals surface area contributed by atoms with Crippen molar-refractivity contribution in [1.29, 1.82) is 0 Å². The minimum atomic E-state index is -0.842. The molecule has 2 heterocycles. The molecule has 5 nitrogen and oxygen atoms in total. The second-order valence-corrected chi connectivity index (χ2v) is 5.46. The van der Waals surface area contributed by atoms with Gasteiger partial charge in [0.05, 0.1) is 0 Å². The number of carbonyl (C=O) groups is 1. The summed E-state index contributed by atoms with van der Waals surface area (Å²) >= 11 is 1.28. The van der Waals surface area contributed by atoms with Crippen LogP contribution in [0.1, 0.15) is 29.9 Å². The predicted molar refractivity (Wildman–Crippen MR) is 77.2 cm³/mol. The summed E-state index contributed by atoms with van der Waals surface area (Å²) in [4.78, 5) is 18.0. The van der Waals surface area contributed by atoms with Crippen molar-refractivity contribution in [2.24, 2.45) is 0 Å². The Morgan fingerprint density at radius 3 is 3.00 bits per heavy atom. The lowest BCUT2D eigenvalue weighted by Gasteiger charge is -2.34. The fourth-order valence-electron chi connectivity index (χ4n) is 2.54. The third-order valence-electron chi connectivity index (χ3n) is 3.54. The number of nitrogens with zero attached hydrogens (tertiary/aromatic N) is 3. The summed E-state index contributed by atoms with van der Waals surface area (Å²) in [5.41, 5.74) is 1.97. The van der Waals surface area contributed by atoms with E-state index in [1.54, 1.807) is 0 Å². The molecule has 0 fully saturated rings. The van der Waals surface area contributed by atoms with Crippen LogP contribution in [0.4, 0.5) is 5.13 Å². The quantitative estimate of drug-likeness (QED) is 0.939. The van der Waals surface area contributed by atoms with Crippen LogP contribution >= 0.6 is 11.5 Å². The molecule has 1 N–H and O–H groups in total. The van der Waals surface area contributed by atoms with Crippen molar-refractivity contribution in [3.8, 4) is 0 Å². The minimum absolute atomic E-state index is 0.659. The fraction of sp³-hybridized carbons (Fsp3) is 0.357. The van der Waals surface area contributed by atoms with Crippen molar-refractivity contribution in [3.05, 3.63) is 41.2 Å². The van der Waals surface area contributed by atoms with E-state index in [2.05, 4.69) is 9.36 Å². The summed E-state index contributed by atoms with van der Waals surface area (Å²) in [5.74, 6) is -0.0709. The first-order chi connectivity index (χ1) is 9.70. The maximum Gasteiger partial charge on any atom is 0.331 e. The Kier molecular flexibility index (Phi) is 3.40. The Bertz CT molecular complexity index is 641. The molecule has 0 saturated carbocycles. The topological polar surface area (TPSA) is 66.3 Å². The molecule has 20 heavy (non-hydrogen) atoms. The number of anilines is 1. The highest BCUT2D eigenvalue weighted by atomic mass is 32.1. The molecule has 1 unspecified atom stereocenters. The Balaban J connectivity index is 2.02. The molecule has 1 aliphatic heterocycles. The number of aliphatic carboxylic acids is 1. The van der Waals surface area contributed by atoms with E-state index in [0.29, 0.717) is 11.7 Å². The smallest absolute Gasteiger partial charge is 0.331 e. The molecule has 1 aromatic heterocycles. The van der Waals surface area contributed by atoms with Crippen LogP contribution in [-0.4, -0.2) is 27.0 Å². The molecule has 0 spiro atoms. The number of aromatic nitrogens is 2. The highest BCUT2D eigenvalue weighted by Gasteiger charge is 2.34. The van der Waals surface area contributed by atoms with Crippen molar-refractivity contribution < 1.29 is 9.90 Å². The SMILES string of the molecule is CCc1nsc(N2CCc3ccccc3C2C(=O)O)n1. The van der Waals surface area contributed by atoms with Crippen molar-refractivity contribution in [1.82, 2.24) is 9.36 Å². The van der Waals surface area contributed by atoms with E-state index in [-0.39, 0.29) is 0 Å². The van der Waals surface area contributed by atoms with E-state index in [4.69, 9.17) is 0 Å². The zero-order valence-corrected chi connectivity index (χ0v) is 11.9. The van der Waals surface area contributed by atoms with Gasteiger partial charge < -0.3 is 10.0 Å². The second kappa shape index (κ2) is 5.20. The van der Waals surface area contributed by atoms with Gasteiger partial charge in [0.15, 0.2) is 6.04 Å². The number of benzene rings is 1. The first kappa shape index (κ1) is 13.1. The highest BCUT2D eigenvalue weighted by molar-refractivity contribution is 7.09. The Morgan fingerprint density at radius 1 is 1.50 bits per heavy atom. The first-order valence-electron chi connectivity index (χ1n) is 6.60. The van der Waals surface area contributed by atoms with Crippen LogP contribution in [-0.2, 0) is 17.6 Å². The number of aryl methyl sites for hydroxylation is 1. The van der Waals surface area contributed by atoms with Gasteiger partial charge in [0.2, 0.25) is 5.13 Å². The maximum absolute atomic E-state index is 11.7. The number of hydrogen-bond acceptors (Lipinski definition) is 5. The molecular formula is C14H15N3O2S. The normalized spacial score (nSPS) is 17.9. The molecule has 104 valence electrons. The van der Waals surface area contributed by atoms with Gasteiger partial charge in [-0.3, -0.25) is 0 Å². The van der Waals surface area contributed by atoms with Crippen LogP contribution in [0.5, 0.6) is 0 Å². The summed E-state index contributed by atoms with van der Waals surface area (Å²) in [7, 11) is 0. The average Bonchev–Trinajstić information content (AvgIpc) is 2.94. The number of carboxylic acids is 1. The van der Waals surface area contributed by atoms with Crippen LogP contribution in [0.25, 0.3) is 0 Å². The van der Waals surface area contributed by atoms with Crippen molar-refractivity contribution >= 4 is 22.6 Å². The van der Waals surface area contributed by atoms with Crippen molar-refractivity contribution in [3.63, 3.8) is 0 Å². The molecule has 3 rings (SSSR count). The third kappa shape index (κ3) is 2.16. The maximum atomic E-state index is 11.7. The molecule has 0 aliphatic carbocycles. The lowest BCUT2D eigenvalue weighted by Crippen LogP contribution is -2.39. The first-order valence-corrected chi connectivity index (χ1v) is 7.38. The molecule has 1 atom stereocenters. The molecule has 0 saturated heterocycles. The van der Waals surface area contributed by atoms with E-state index in [9.17, 15) is 9.90 Å². The van der Waals surface area contributed by atoms with Crippen LogP contribution in [0.2, 0.25) is 0 Å². The van der Waals surface area contributed by atoms with Gasteiger partial charge in [-0.15, -0.1) is 0 Å². The Hall–Kier alpha value is -1.95. The van der Waals surface area contributed by atoms with E-state index >= 15 is 0 Å². The molecule has 0 bridgehead atoms. The van der Waals surface area contributed by atoms with Crippen molar-refractivity contribution in [2.45, 2.75) is 25.8 Å². The number of carboxylic acid groups (broad SMARTS) is 1. The zero-order valence-electron chi connectivity index (χ0n) is 11.1. The Morgan fingerprint density at radius 2 is 2.30 bits per heavy atom. The van der Waals surface area contributed by atoms with Crippen LogP contribution in [0, 0.1) is 0 Å². The van der Waals surface area contributed by atoms with E-state index in [1.165, 1.54) is 11.5 Å². The number of fused-ring (bicyclic) bond motifs is 1. The fourth-order valence-corrected chi connectivity index (χ4v) is 3.35. The van der Waals surface area contributed by atoms with E-state index < -0.39 is 12.0 Å². The summed E-state index contributed by atoms with van der Waals surface area (Å²) < 4.78 is 4.26. The molecule has 6 heteroatoms. The lowest BCUT2D eigenvalue weighted by molar-refractivity contribution is -0.138. The van der Waals surface area contributed by atoms with Crippen LogP contribution < -0.4 is 4.90 Å². The van der Waals surface area contributed by atoms with Gasteiger partial charge in [-0.1, -0.05) is 31.2 Å². The molecule has 1 aromatic carbocycles. The van der Waals surface area contributed by atoms with Gasteiger partial charge >= 0.3 is 5.97 Å². The standard InChI is InChI=1S/C14H15N3O2S/c1-2-11-15-14(20-16-11)17-8-7-9-5-3-4-6-10(9)12(17)13(18)19/h3-6,12H,2,7-8H2,1H3,(H,18,19). The van der Waals surface area contributed by atoms with Gasteiger partial charge in [0, 0.05) is 24.5 Å². The largest absolute Gasteiger partial charge is 0.479 e. The molecule has 1 aliphatic rings. The Labute approximate surface area is 121 Å². The van der Waals surface area contributed by atoms with E-state index in [0.717, 1.165) is 29.8 Å². The average molecular weight is 289 g/mol. The van der Waals surface area contributed by atoms with Gasteiger partial charge in [0.25, 0.3) is 0 Å². The lowest BCUT2D eigenvalue weighted by atomic mass is 9.93. The van der Waals surface area contributed by atoms with Gasteiger partial charge in [-0.2, -0.15) is 4.37 Å². The summed E-state index contributed by atoms with van der Waals surface area (Å²) in [5, 5.41) is 10.3. The predicted octanol–water partition coefficient (Wildman–Crippen LogP) is 2.29. The van der Waals surface area contributed by atoms with Crippen LogP contribution in [0.15, 0.2) is 24.3 Å². The van der Waals surface area contributed by atoms with E-state index in [1.807, 2.05) is 36.1 Å². The van der Waals surface area contributed by atoms with Crippen molar-refractivity contribution in [2.75, 3.05) is 11.4 Å². The van der Waals surface area contributed by atoms with Crippen LogP contribution in [0.3, 0.4) is 0 Å². The minimum Gasteiger partial charge on any atom is -0.479 e. The zero-order chi connectivity index (χ0) is 14.1. The highest BCUT2D eigenvalue weighted by Crippen LogP contribution is 2.34. The molecular weight excluding hydrogens is 274 g/mol. The molecule has 2 aromatic rings. The van der Waals surface area contributed by atoms with Gasteiger partial charge in [-0.25, -0.2) is 9.78 Å².